The van der Waals surface area contributed by atoms with Gasteiger partial charge in [-0.3, -0.25) is 0 Å². The second-order valence-electron chi connectivity index (χ2n) is 8.24. The lowest BCUT2D eigenvalue weighted by atomic mass is 9.87. The van der Waals surface area contributed by atoms with Crippen molar-refractivity contribution in [1.82, 2.24) is 0 Å². The molecular weight excluding hydrogens is 304 g/mol. The van der Waals surface area contributed by atoms with Crippen molar-refractivity contribution in [2.24, 2.45) is 0 Å². The number of quaternary nitrogens is 1. The van der Waals surface area contributed by atoms with Crippen LogP contribution in [0.1, 0.15) is 43.2 Å². The Morgan fingerprint density at radius 3 is 2.60 bits per heavy atom. The molecule has 0 spiro atoms. The minimum absolute atomic E-state index is 0.672. The normalized spacial score (nSPS) is 27.8. The third kappa shape index (κ3) is 3.20. The van der Waals surface area contributed by atoms with E-state index >= 15 is 0 Å². The second-order valence-corrected chi connectivity index (χ2v) is 8.24. The summed E-state index contributed by atoms with van der Waals surface area (Å²) in [6, 6.07) is 20.8. The molecule has 0 aromatic heterocycles. The summed E-state index contributed by atoms with van der Waals surface area (Å²) in [7, 11) is 2.48. The van der Waals surface area contributed by atoms with Crippen molar-refractivity contribution in [2.75, 3.05) is 31.6 Å². The van der Waals surface area contributed by atoms with E-state index in [9.17, 15) is 0 Å². The molecule has 2 aromatic rings. The van der Waals surface area contributed by atoms with Gasteiger partial charge in [0.1, 0.15) is 0 Å². The summed E-state index contributed by atoms with van der Waals surface area (Å²) in [5.41, 5.74) is 4.49. The molecule has 2 aliphatic rings. The fraction of sp³-hybridized carbons (Fsp3) is 0.478. The largest absolute Gasteiger partial charge is 0.363 e. The maximum atomic E-state index is 2.69. The second kappa shape index (κ2) is 6.84. The minimum atomic E-state index is 0.672. The molecule has 25 heavy (non-hydrogen) atoms. The number of hydrogen-bond donors (Lipinski definition) is 0. The van der Waals surface area contributed by atoms with Gasteiger partial charge in [-0.05, 0) is 23.6 Å². The quantitative estimate of drug-likeness (QED) is 0.709. The summed E-state index contributed by atoms with van der Waals surface area (Å²) in [6.45, 7) is 7.30. The Kier molecular flexibility index (Phi) is 4.56. The van der Waals surface area contributed by atoms with E-state index < -0.39 is 0 Å². The molecule has 0 radical (unpaired) electrons. The highest BCUT2D eigenvalue weighted by Gasteiger charge is 2.46. The van der Waals surface area contributed by atoms with Crippen molar-refractivity contribution in [3.05, 3.63) is 65.7 Å². The van der Waals surface area contributed by atoms with E-state index in [1.807, 2.05) is 0 Å². The summed E-state index contributed by atoms with van der Waals surface area (Å²) in [6.07, 6.45) is 3.97. The molecule has 3 unspecified atom stereocenters. The third-order valence-electron chi connectivity index (χ3n) is 6.36. The first kappa shape index (κ1) is 16.7. The van der Waals surface area contributed by atoms with Gasteiger partial charge < -0.3 is 9.38 Å². The molecule has 2 heterocycles. The summed E-state index contributed by atoms with van der Waals surface area (Å²) in [5, 5.41) is 0. The Morgan fingerprint density at radius 2 is 1.80 bits per heavy atom. The number of likely N-dealkylation sites (tertiary alicyclic amines) is 1. The zero-order valence-corrected chi connectivity index (χ0v) is 15.7. The molecule has 2 nitrogen and oxygen atoms in total. The van der Waals surface area contributed by atoms with Crippen molar-refractivity contribution < 1.29 is 4.48 Å². The zero-order valence-electron chi connectivity index (χ0n) is 15.7. The van der Waals surface area contributed by atoms with E-state index in [2.05, 4.69) is 73.5 Å². The molecule has 132 valence electrons. The molecule has 3 atom stereocenters. The number of nitrogens with zero attached hydrogens (tertiary/aromatic N) is 2. The van der Waals surface area contributed by atoms with Gasteiger partial charge in [-0.2, -0.15) is 0 Å². The predicted molar refractivity (Wildman–Crippen MR) is 106 cm³/mol. The van der Waals surface area contributed by atoms with Gasteiger partial charge >= 0.3 is 0 Å². The molecular formula is C23H31N2+. The number of unbranched alkanes of at least 4 members (excludes halogenated alkanes) is 1. The molecule has 0 aliphatic carbocycles. The van der Waals surface area contributed by atoms with Crippen LogP contribution in [0.2, 0.25) is 0 Å². The van der Waals surface area contributed by atoms with E-state index in [1.165, 1.54) is 54.6 Å². The highest BCUT2D eigenvalue weighted by atomic mass is 15.4. The molecule has 0 N–H and O–H groups in total. The monoisotopic (exact) mass is 335 g/mol. The molecule has 0 saturated carbocycles. The van der Waals surface area contributed by atoms with Crippen LogP contribution in [0, 0.1) is 0 Å². The number of anilines is 1. The summed E-state index contributed by atoms with van der Waals surface area (Å²) < 4.78 is 1.25. The maximum Gasteiger partial charge on any atom is 0.0875 e. The Labute approximate surface area is 152 Å². The average molecular weight is 336 g/mol. The first-order valence-corrected chi connectivity index (χ1v) is 9.93. The first-order chi connectivity index (χ1) is 12.2. The van der Waals surface area contributed by atoms with Crippen molar-refractivity contribution in [3.8, 4) is 0 Å². The number of rotatable bonds is 5. The molecule has 1 fully saturated rings. The van der Waals surface area contributed by atoms with Gasteiger partial charge in [0.05, 0.1) is 32.6 Å². The van der Waals surface area contributed by atoms with Crippen molar-refractivity contribution in [3.63, 3.8) is 0 Å². The molecule has 2 aromatic carbocycles. The number of likely N-dealkylation sites (N-methyl/N-ethyl adjacent to an activating group) is 1. The third-order valence-corrected chi connectivity index (χ3v) is 6.36. The lowest BCUT2D eigenvalue weighted by Gasteiger charge is -2.45. The van der Waals surface area contributed by atoms with Crippen LogP contribution in [0.3, 0.4) is 0 Å². The Bertz CT molecular complexity index is 711. The van der Waals surface area contributed by atoms with Gasteiger partial charge in [-0.25, -0.2) is 0 Å². The Balaban J connectivity index is 1.61. The molecule has 0 bridgehead atoms. The standard InChI is InChI=1S/C23H31N2/c1-3-4-15-25(2)16-14-23-21(18-25)20-12-8-9-13-22(20)24(23)17-19-10-6-5-7-11-19/h5-13,21,23H,3-4,14-18H2,1-2H3/q+1. The molecule has 0 amide bonds. The summed E-state index contributed by atoms with van der Waals surface area (Å²) in [5.74, 6) is 0.690. The number of para-hydroxylation sites is 1. The van der Waals surface area contributed by atoms with Gasteiger partial charge in [0.15, 0.2) is 0 Å². The van der Waals surface area contributed by atoms with Gasteiger partial charge in [0, 0.05) is 24.7 Å². The topological polar surface area (TPSA) is 3.24 Å². The maximum absolute atomic E-state index is 2.69. The van der Waals surface area contributed by atoms with Crippen LogP contribution in [0.4, 0.5) is 5.69 Å². The van der Waals surface area contributed by atoms with Crippen molar-refractivity contribution >= 4 is 5.69 Å². The van der Waals surface area contributed by atoms with E-state index in [0.29, 0.717) is 12.0 Å². The van der Waals surface area contributed by atoms with Crippen LogP contribution in [0.5, 0.6) is 0 Å². The smallest absolute Gasteiger partial charge is 0.0875 e. The van der Waals surface area contributed by atoms with Crippen molar-refractivity contribution in [2.45, 2.75) is 44.7 Å². The Hall–Kier alpha value is -1.80. The molecule has 2 aliphatic heterocycles. The predicted octanol–water partition coefficient (Wildman–Crippen LogP) is 4.81. The summed E-state index contributed by atoms with van der Waals surface area (Å²) in [4.78, 5) is 2.69. The number of benzene rings is 2. The van der Waals surface area contributed by atoms with Crippen LogP contribution < -0.4 is 4.90 Å². The fourth-order valence-electron chi connectivity index (χ4n) is 4.98. The molecule has 4 rings (SSSR count). The van der Waals surface area contributed by atoms with Crippen LogP contribution in [0.15, 0.2) is 54.6 Å². The number of hydrogen-bond acceptors (Lipinski definition) is 1. The van der Waals surface area contributed by atoms with Gasteiger partial charge in [0.2, 0.25) is 0 Å². The highest BCUT2D eigenvalue weighted by Crippen LogP contribution is 2.46. The minimum Gasteiger partial charge on any atom is -0.363 e. The van der Waals surface area contributed by atoms with Crippen LogP contribution in [-0.4, -0.2) is 37.2 Å². The van der Waals surface area contributed by atoms with Gasteiger partial charge in [0.25, 0.3) is 0 Å². The van der Waals surface area contributed by atoms with Crippen LogP contribution in [-0.2, 0) is 6.54 Å². The van der Waals surface area contributed by atoms with E-state index in [1.54, 1.807) is 5.56 Å². The van der Waals surface area contributed by atoms with E-state index in [-0.39, 0.29) is 0 Å². The summed E-state index contributed by atoms with van der Waals surface area (Å²) >= 11 is 0. The Morgan fingerprint density at radius 1 is 1.04 bits per heavy atom. The first-order valence-electron chi connectivity index (χ1n) is 9.93. The lowest BCUT2D eigenvalue weighted by molar-refractivity contribution is -0.915. The molecule has 2 heteroatoms. The van der Waals surface area contributed by atoms with Crippen molar-refractivity contribution in [1.29, 1.82) is 0 Å². The fourth-order valence-corrected chi connectivity index (χ4v) is 4.98. The van der Waals surface area contributed by atoms with E-state index in [0.717, 1.165) is 6.54 Å². The zero-order chi connectivity index (χ0) is 17.3. The van der Waals surface area contributed by atoms with Crippen LogP contribution >= 0.6 is 0 Å². The van der Waals surface area contributed by atoms with Gasteiger partial charge in [-0.1, -0.05) is 61.9 Å². The van der Waals surface area contributed by atoms with Gasteiger partial charge in [-0.15, -0.1) is 0 Å². The lowest BCUT2D eigenvalue weighted by Crippen LogP contribution is -2.56. The molecule has 1 saturated heterocycles. The number of fused-ring (bicyclic) bond motifs is 3. The SMILES string of the molecule is CCCC[N+]1(C)CCC2C(C1)c1ccccc1N2Cc1ccccc1. The number of piperidine rings is 1. The van der Waals surface area contributed by atoms with Crippen LogP contribution in [0.25, 0.3) is 0 Å². The average Bonchev–Trinajstić information content (AvgIpc) is 2.94. The van der Waals surface area contributed by atoms with E-state index in [4.69, 9.17) is 0 Å². The highest BCUT2D eigenvalue weighted by molar-refractivity contribution is 5.62.